The van der Waals surface area contributed by atoms with E-state index in [0.29, 0.717) is 22.2 Å². The van der Waals surface area contributed by atoms with Crippen molar-refractivity contribution < 1.29 is 14.3 Å². The van der Waals surface area contributed by atoms with Gasteiger partial charge in [0.15, 0.2) is 17.3 Å². The van der Waals surface area contributed by atoms with Crippen molar-refractivity contribution in [3.05, 3.63) is 59.7 Å². The molecule has 8 nitrogen and oxygen atoms in total. The number of aromatic nitrogens is 2. The van der Waals surface area contributed by atoms with Gasteiger partial charge in [-0.15, -0.1) is 10.2 Å². The molecule has 3 aromatic rings. The van der Waals surface area contributed by atoms with Crippen LogP contribution in [0.25, 0.3) is 0 Å². The fraction of sp³-hybridized carbons (Fsp3) is 0.346. The SMILES string of the molecule is COc1ccc(NC(=O)CSc2ccc(N3CCN(c4cc(C)ccc4C)CC3)nn2)cc1OC. The third-order valence-electron chi connectivity index (χ3n) is 5.95. The van der Waals surface area contributed by atoms with E-state index < -0.39 is 0 Å². The summed E-state index contributed by atoms with van der Waals surface area (Å²) in [7, 11) is 3.14. The van der Waals surface area contributed by atoms with E-state index in [1.54, 1.807) is 32.4 Å². The number of piperazine rings is 1. The molecule has 0 unspecified atom stereocenters. The second kappa shape index (κ2) is 11.3. The third-order valence-corrected chi connectivity index (χ3v) is 6.87. The average Bonchev–Trinajstić information content (AvgIpc) is 2.89. The first-order valence-corrected chi connectivity index (χ1v) is 12.5. The highest BCUT2D eigenvalue weighted by Crippen LogP contribution is 2.30. The first-order valence-electron chi connectivity index (χ1n) is 11.5. The minimum atomic E-state index is -0.129. The third kappa shape index (κ3) is 6.16. The summed E-state index contributed by atoms with van der Waals surface area (Å²) in [6.45, 7) is 7.97. The van der Waals surface area contributed by atoms with Crippen molar-refractivity contribution in [1.82, 2.24) is 10.2 Å². The van der Waals surface area contributed by atoms with E-state index >= 15 is 0 Å². The summed E-state index contributed by atoms with van der Waals surface area (Å²) in [5.41, 5.74) is 4.55. The highest BCUT2D eigenvalue weighted by molar-refractivity contribution is 7.99. The summed E-state index contributed by atoms with van der Waals surface area (Å²) in [6, 6.07) is 15.8. The number of thioether (sulfide) groups is 1. The van der Waals surface area contributed by atoms with E-state index in [4.69, 9.17) is 9.47 Å². The zero-order chi connectivity index (χ0) is 24.8. The summed E-state index contributed by atoms with van der Waals surface area (Å²) in [6.07, 6.45) is 0. The summed E-state index contributed by atoms with van der Waals surface area (Å²) in [4.78, 5) is 17.1. The molecule has 0 atom stereocenters. The van der Waals surface area contributed by atoms with Crippen LogP contribution < -0.4 is 24.6 Å². The van der Waals surface area contributed by atoms with Crippen LogP contribution in [0.4, 0.5) is 17.2 Å². The predicted octanol–water partition coefficient (Wildman–Crippen LogP) is 4.17. The normalized spacial score (nSPS) is 13.5. The molecule has 1 aliphatic heterocycles. The molecule has 0 bridgehead atoms. The molecule has 2 aromatic carbocycles. The fourth-order valence-electron chi connectivity index (χ4n) is 4.05. The van der Waals surface area contributed by atoms with E-state index in [9.17, 15) is 4.79 Å². The molecule has 0 saturated carbocycles. The number of ether oxygens (including phenoxy) is 2. The molecule has 1 fully saturated rings. The first kappa shape index (κ1) is 24.7. The molecule has 1 saturated heterocycles. The number of nitrogens with zero attached hydrogens (tertiary/aromatic N) is 4. The Hall–Kier alpha value is -3.46. The van der Waals surface area contributed by atoms with Crippen molar-refractivity contribution in [2.45, 2.75) is 18.9 Å². The van der Waals surface area contributed by atoms with E-state index in [2.05, 4.69) is 57.4 Å². The molecule has 35 heavy (non-hydrogen) atoms. The van der Waals surface area contributed by atoms with Crippen molar-refractivity contribution in [1.29, 1.82) is 0 Å². The number of anilines is 3. The molecule has 0 aliphatic carbocycles. The minimum Gasteiger partial charge on any atom is -0.493 e. The molecule has 2 heterocycles. The first-order chi connectivity index (χ1) is 17.0. The van der Waals surface area contributed by atoms with Crippen LogP contribution in [0.3, 0.4) is 0 Å². The van der Waals surface area contributed by atoms with Gasteiger partial charge in [0.1, 0.15) is 5.03 Å². The molecular weight excluding hydrogens is 462 g/mol. The lowest BCUT2D eigenvalue weighted by atomic mass is 10.1. The second-order valence-electron chi connectivity index (χ2n) is 8.40. The highest BCUT2D eigenvalue weighted by Gasteiger charge is 2.20. The molecule has 9 heteroatoms. The molecule has 1 amide bonds. The largest absolute Gasteiger partial charge is 0.493 e. The van der Waals surface area contributed by atoms with Crippen LogP contribution >= 0.6 is 11.8 Å². The Morgan fingerprint density at radius 1 is 0.914 bits per heavy atom. The number of methoxy groups -OCH3 is 2. The van der Waals surface area contributed by atoms with Gasteiger partial charge in [-0.3, -0.25) is 4.79 Å². The van der Waals surface area contributed by atoms with Gasteiger partial charge >= 0.3 is 0 Å². The lowest BCUT2D eigenvalue weighted by molar-refractivity contribution is -0.113. The number of hydrogen-bond donors (Lipinski definition) is 1. The topological polar surface area (TPSA) is 79.8 Å². The number of carbonyl (C=O) groups excluding carboxylic acids is 1. The summed E-state index contributed by atoms with van der Waals surface area (Å²) >= 11 is 1.35. The summed E-state index contributed by atoms with van der Waals surface area (Å²) < 4.78 is 10.5. The van der Waals surface area contributed by atoms with Gasteiger partial charge in [0.25, 0.3) is 0 Å². The van der Waals surface area contributed by atoms with E-state index in [-0.39, 0.29) is 11.7 Å². The second-order valence-corrected chi connectivity index (χ2v) is 9.40. The lowest BCUT2D eigenvalue weighted by Gasteiger charge is -2.37. The lowest BCUT2D eigenvalue weighted by Crippen LogP contribution is -2.47. The summed E-state index contributed by atoms with van der Waals surface area (Å²) in [5.74, 6) is 2.15. The average molecular weight is 494 g/mol. The van der Waals surface area contributed by atoms with Crippen LogP contribution in [-0.2, 0) is 4.79 Å². The van der Waals surface area contributed by atoms with Crippen LogP contribution in [-0.4, -0.2) is 62.3 Å². The molecule has 1 aromatic heterocycles. The summed E-state index contributed by atoms with van der Waals surface area (Å²) in [5, 5.41) is 12.3. The van der Waals surface area contributed by atoms with Crippen LogP contribution in [0.2, 0.25) is 0 Å². The van der Waals surface area contributed by atoms with Crippen molar-refractivity contribution in [2.75, 3.05) is 61.3 Å². The number of amides is 1. The van der Waals surface area contributed by atoms with Gasteiger partial charge in [-0.05, 0) is 55.3 Å². The van der Waals surface area contributed by atoms with E-state index in [1.807, 2.05) is 12.1 Å². The molecule has 0 radical (unpaired) electrons. The van der Waals surface area contributed by atoms with E-state index in [0.717, 1.165) is 32.0 Å². The molecule has 1 aliphatic rings. The van der Waals surface area contributed by atoms with Crippen LogP contribution in [0, 0.1) is 13.8 Å². The Kier molecular flexibility index (Phi) is 7.97. The predicted molar refractivity (Wildman–Crippen MR) is 141 cm³/mol. The molecule has 4 rings (SSSR count). The zero-order valence-electron chi connectivity index (χ0n) is 20.6. The molecule has 184 valence electrons. The fourth-order valence-corrected chi connectivity index (χ4v) is 4.66. The quantitative estimate of drug-likeness (QED) is 0.469. The standard InChI is InChI=1S/C26H31N5O3S/c1-18-5-6-19(2)21(15-18)30-11-13-31(14-12-30)24-9-10-26(29-28-24)35-17-25(32)27-20-7-8-22(33-3)23(16-20)34-4/h5-10,15-16H,11-14,17H2,1-4H3,(H,27,32). The number of hydrogen-bond acceptors (Lipinski definition) is 8. The van der Waals surface area contributed by atoms with Gasteiger partial charge in [0.2, 0.25) is 5.91 Å². The number of aryl methyl sites for hydroxylation is 2. The Bertz CT molecular complexity index is 1160. The van der Waals surface area contributed by atoms with Crippen LogP contribution in [0.5, 0.6) is 11.5 Å². The number of nitrogens with one attached hydrogen (secondary N) is 1. The van der Waals surface area contributed by atoms with Crippen LogP contribution in [0.1, 0.15) is 11.1 Å². The van der Waals surface area contributed by atoms with Gasteiger partial charge in [-0.1, -0.05) is 23.9 Å². The minimum absolute atomic E-state index is 0.129. The van der Waals surface area contributed by atoms with Gasteiger partial charge in [-0.2, -0.15) is 0 Å². The van der Waals surface area contributed by atoms with Crippen molar-refractivity contribution >= 4 is 34.9 Å². The smallest absolute Gasteiger partial charge is 0.234 e. The Morgan fingerprint density at radius 2 is 1.66 bits per heavy atom. The van der Waals surface area contributed by atoms with Crippen molar-refractivity contribution in [3.63, 3.8) is 0 Å². The van der Waals surface area contributed by atoms with Gasteiger partial charge in [0.05, 0.1) is 20.0 Å². The van der Waals surface area contributed by atoms with Gasteiger partial charge in [-0.25, -0.2) is 0 Å². The maximum absolute atomic E-state index is 12.4. The Morgan fingerprint density at radius 3 is 2.34 bits per heavy atom. The molecule has 0 spiro atoms. The molecule has 1 N–H and O–H groups in total. The molecular formula is C26H31N5O3S. The number of rotatable bonds is 8. The number of benzene rings is 2. The maximum Gasteiger partial charge on any atom is 0.234 e. The number of carbonyl (C=O) groups is 1. The Labute approximate surface area is 210 Å². The van der Waals surface area contributed by atoms with Crippen LogP contribution in [0.15, 0.2) is 53.6 Å². The van der Waals surface area contributed by atoms with Gasteiger partial charge < -0.3 is 24.6 Å². The highest BCUT2D eigenvalue weighted by atomic mass is 32.2. The van der Waals surface area contributed by atoms with E-state index in [1.165, 1.54) is 28.6 Å². The monoisotopic (exact) mass is 493 g/mol. The zero-order valence-corrected chi connectivity index (χ0v) is 21.4. The van der Waals surface area contributed by atoms with Crippen molar-refractivity contribution in [3.8, 4) is 11.5 Å². The van der Waals surface area contributed by atoms with Gasteiger partial charge in [0, 0.05) is 43.6 Å². The van der Waals surface area contributed by atoms with Crippen molar-refractivity contribution in [2.24, 2.45) is 0 Å². The Balaban J connectivity index is 1.27. The maximum atomic E-state index is 12.4.